The van der Waals surface area contributed by atoms with Crippen molar-refractivity contribution in [1.29, 1.82) is 0 Å². The Morgan fingerprint density at radius 2 is 1.00 bits per heavy atom. The zero-order chi connectivity index (χ0) is 17.1. The van der Waals surface area contributed by atoms with Gasteiger partial charge >= 0.3 is 0 Å². The van der Waals surface area contributed by atoms with Gasteiger partial charge in [-0.1, -0.05) is 79.2 Å². The molecule has 2 heteroatoms. The molecule has 3 rings (SSSR count). The van der Waals surface area contributed by atoms with Gasteiger partial charge in [-0.25, -0.2) is 0 Å². The molecule has 0 spiro atoms. The summed E-state index contributed by atoms with van der Waals surface area (Å²) in [6.45, 7) is 6.29. The van der Waals surface area contributed by atoms with Gasteiger partial charge in [0.1, 0.15) is 0 Å². The molecule has 0 nitrogen and oxygen atoms in total. The number of rotatable bonds is 0. The molecule has 0 aliphatic carbocycles. The maximum absolute atomic E-state index is 2.32. The van der Waals surface area contributed by atoms with E-state index in [4.69, 9.17) is 0 Å². The van der Waals surface area contributed by atoms with Crippen LogP contribution in [0, 0.1) is 27.9 Å². The van der Waals surface area contributed by atoms with Crippen LogP contribution < -0.4 is 0 Å². The van der Waals surface area contributed by atoms with Gasteiger partial charge in [0.2, 0.25) is 0 Å². The molecule has 0 heterocycles. The van der Waals surface area contributed by atoms with Crippen LogP contribution in [0.15, 0.2) is 78.9 Å². The second-order valence-electron chi connectivity index (χ2n) is 5.20. The first kappa shape index (κ1) is 23.1. The Labute approximate surface area is 175 Å². The molecule has 0 aliphatic heterocycles. The van der Waals surface area contributed by atoms with Gasteiger partial charge in [0.15, 0.2) is 0 Å². The number of hydrogen-bond acceptors (Lipinski definition) is 0. The van der Waals surface area contributed by atoms with Crippen LogP contribution in [0.3, 0.4) is 0 Å². The lowest BCUT2D eigenvalue weighted by Crippen LogP contribution is -1.74. The Hall–Kier alpha value is -0.880. The summed E-state index contributed by atoms with van der Waals surface area (Å²) in [7, 11) is 0. The monoisotopic (exact) mass is 544 g/mol. The smallest absolute Gasteiger partial charge is 0.0159 e. The third-order valence-electron chi connectivity index (χ3n) is 3.03. The Morgan fingerprint density at radius 3 is 1.33 bits per heavy atom. The van der Waals surface area contributed by atoms with E-state index in [1.54, 1.807) is 0 Å². The second kappa shape index (κ2) is 13.4. The molecule has 0 unspecified atom stereocenters. The Bertz CT molecular complexity index is 632. The average molecular weight is 544 g/mol. The first-order valence-electron chi connectivity index (χ1n) is 7.44. The van der Waals surface area contributed by atoms with Crippen LogP contribution in [0.5, 0.6) is 0 Å². The van der Waals surface area contributed by atoms with Crippen molar-refractivity contribution in [3.05, 3.63) is 103 Å². The molecule has 0 bridgehead atoms. The third kappa shape index (κ3) is 10.8. The van der Waals surface area contributed by atoms with Gasteiger partial charge in [-0.3, -0.25) is 0 Å². The highest BCUT2D eigenvalue weighted by atomic mass is 127. The van der Waals surface area contributed by atoms with E-state index in [-0.39, 0.29) is 7.43 Å². The van der Waals surface area contributed by atoms with Crippen molar-refractivity contribution in [3.8, 4) is 0 Å². The quantitative estimate of drug-likeness (QED) is 0.253. The van der Waals surface area contributed by atoms with Gasteiger partial charge in [-0.2, -0.15) is 0 Å². The first-order chi connectivity index (χ1) is 11.0. The van der Waals surface area contributed by atoms with Crippen LogP contribution in [-0.2, 0) is 0 Å². The van der Waals surface area contributed by atoms with Crippen LogP contribution in [-0.4, -0.2) is 0 Å². The predicted molar refractivity (Wildman–Crippen MR) is 126 cm³/mol. The zero-order valence-electron chi connectivity index (χ0n) is 13.8. The van der Waals surface area contributed by atoms with Gasteiger partial charge in [0.25, 0.3) is 0 Å². The fraction of sp³-hybridized carbons (Fsp3) is 0.182. The van der Waals surface area contributed by atoms with Gasteiger partial charge in [-0.05, 0) is 89.7 Å². The van der Waals surface area contributed by atoms with E-state index in [9.17, 15) is 0 Å². The van der Waals surface area contributed by atoms with Crippen molar-refractivity contribution in [2.75, 3.05) is 0 Å². The van der Waals surface area contributed by atoms with Crippen molar-refractivity contribution in [2.45, 2.75) is 28.2 Å². The lowest BCUT2D eigenvalue weighted by molar-refractivity contribution is 1.43. The van der Waals surface area contributed by atoms with Gasteiger partial charge in [0.05, 0.1) is 0 Å². The summed E-state index contributed by atoms with van der Waals surface area (Å²) in [5, 5.41) is 0. The molecule has 0 aliphatic rings. The summed E-state index contributed by atoms with van der Waals surface area (Å²) in [5.74, 6) is 0. The van der Waals surface area contributed by atoms with Gasteiger partial charge in [-0.15, -0.1) is 0 Å². The Kier molecular flexibility index (Phi) is 12.9. The number of aryl methyl sites for hydroxylation is 3. The van der Waals surface area contributed by atoms with Crippen molar-refractivity contribution < 1.29 is 0 Å². The van der Waals surface area contributed by atoms with E-state index in [0.29, 0.717) is 0 Å². The van der Waals surface area contributed by atoms with Crippen molar-refractivity contribution in [3.63, 3.8) is 0 Å². The summed E-state index contributed by atoms with van der Waals surface area (Å²) in [6, 6.07) is 27.0. The highest BCUT2D eigenvalue weighted by Gasteiger charge is 1.86. The number of halogens is 2. The van der Waals surface area contributed by atoms with Crippen molar-refractivity contribution in [2.24, 2.45) is 0 Å². The highest BCUT2D eigenvalue weighted by Crippen LogP contribution is 2.08. The maximum atomic E-state index is 2.32. The van der Waals surface area contributed by atoms with Crippen LogP contribution in [0.2, 0.25) is 0 Å². The lowest BCUT2D eigenvalue weighted by Gasteiger charge is -1.91. The molecule has 3 aromatic rings. The van der Waals surface area contributed by atoms with Crippen LogP contribution in [0.4, 0.5) is 0 Å². The SMILES string of the molecule is C.Cc1ccc(I)cc1.Cc1ccccc1.Cc1ccccc1I. The predicted octanol–water partition coefficient (Wildman–Crippen LogP) is 7.83. The molecule has 3 aromatic carbocycles. The molecule has 0 amide bonds. The Morgan fingerprint density at radius 1 is 0.542 bits per heavy atom. The summed E-state index contributed by atoms with van der Waals surface area (Å²) in [5.41, 5.74) is 4.00. The van der Waals surface area contributed by atoms with Gasteiger partial charge in [0, 0.05) is 7.14 Å². The average Bonchev–Trinajstić information content (AvgIpc) is 2.55. The first-order valence-corrected chi connectivity index (χ1v) is 9.59. The Balaban J connectivity index is 0.000000325. The minimum absolute atomic E-state index is 0. The molecule has 128 valence electrons. The lowest BCUT2D eigenvalue weighted by atomic mass is 10.2. The molecule has 0 saturated carbocycles. The van der Waals surface area contributed by atoms with Crippen molar-refractivity contribution in [1.82, 2.24) is 0 Å². The summed E-state index contributed by atoms with van der Waals surface area (Å²) in [6.07, 6.45) is 0. The van der Waals surface area contributed by atoms with E-state index in [1.807, 2.05) is 18.2 Å². The van der Waals surface area contributed by atoms with E-state index >= 15 is 0 Å². The van der Waals surface area contributed by atoms with E-state index < -0.39 is 0 Å². The molecule has 0 atom stereocenters. The summed E-state index contributed by atoms with van der Waals surface area (Å²) in [4.78, 5) is 0. The third-order valence-corrected chi connectivity index (χ3v) is 4.96. The molecule has 0 N–H and O–H groups in total. The highest BCUT2D eigenvalue weighted by molar-refractivity contribution is 14.1. The topological polar surface area (TPSA) is 0 Å². The van der Waals surface area contributed by atoms with Gasteiger partial charge < -0.3 is 0 Å². The van der Waals surface area contributed by atoms with Crippen LogP contribution >= 0.6 is 45.2 Å². The fourth-order valence-electron chi connectivity index (χ4n) is 1.62. The fourth-order valence-corrected chi connectivity index (χ4v) is 2.37. The molecule has 0 saturated heterocycles. The standard InChI is InChI=1S/2C7H7I.C7H8.CH4/c1-6-2-4-7(8)5-3-6;1-6-4-2-3-5-7(6)8;1-7-5-3-2-4-6-7;/h2*2-5H,1H3;2-6H,1H3;1H4. The zero-order valence-corrected chi connectivity index (χ0v) is 18.1. The van der Waals surface area contributed by atoms with Crippen LogP contribution in [0.1, 0.15) is 24.1 Å². The normalized spacial score (nSPS) is 8.71. The number of benzene rings is 3. The summed E-state index contributed by atoms with van der Waals surface area (Å²) >= 11 is 4.62. The van der Waals surface area contributed by atoms with E-state index in [0.717, 1.165) is 0 Å². The molecular formula is C22H26I2. The molecular weight excluding hydrogens is 518 g/mol. The molecule has 0 radical (unpaired) electrons. The molecule has 0 aromatic heterocycles. The van der Waals surface area contributed by atoms with Crippen molar-refractivity contribution >= 4 is 45.2 Å². The number of hydrogen-bond donors (Lipinski definition) is 0. The minimum Gasteiger partial charge on any atom is -0.0776 e. The van der Waals surface area contributed by atoms with E-state index in [2.05, 4.69) is 127 Å². The largest absolute Gasteiger partial charge is 0.0776 e. The van der Waals surface area contributed by atoms with E-state index in [1.165, 1.54) is 23.8 Å². The molecule has 0 fully saturated rings. The maximum Gasteiger partial charge on any atom is 0.0159 e. The summed E-state index contributed by atoms with van der Waals surface area (Å²) < 4.78 is 2.64. The second-order valence-corrected chi connectivity index (χ2v) is 7.61. The minimum atomic E-state index is 0. The van der Waals surface area contributed by atoms with Crippen LogP contribution in [0.25, 0.3) is 0 Å². The molecule has 24 heavy (non-hydrogen) atoms.